The second-order valence-corrected chi connectivity index (χ2v) is 4.94. The number of nitrogens with zero attached hydrogens (tertiary/aromatic N) is 2. The standard InChI is InChI=1S/C10H14F2N2O3/c1-9(2,3)17-8(16)14-4-10(5-14,7(11)12)13-6-15/h7H,4-5H2,1-3H3. The van der Waals surface area contributed by atoms with E-state index in [1.807, 2.05) is 0 Å². The molecule has 0 unspecified atom stereocenters. The van der Waals surface area contributed by atoms with E-state index in [1.165, 1.54) is 0 Å². The van der Waals surface area contributed by atoms with Gasteiger partial charge in [-0.25, -0.2) is 18.4 Å². The Labute approximate surface area is 97.4 Å². The lowest BCUT2D eigenvalue weighted by Crippen LogP contribution is -2.66. The van der Waals surface area contributed by atoms with Gasteiger partial charge in [-0.1, -0.05) is 0 Å². The van der Waals surface area contributed by atoms with E-state index in [1.54, 1.807) is 20.8 Å². The molecular weight excluding hydrogens is 234 g/mol. The van der Waals surface area contributed by atoms with Crippen LogP contribution in [0.25, 0.3) is 0 Å². The van der Waals surface area contributed by atoms with Gasteiger partial charge in [-0.2, -0.15) is 4.99 Å². The molecule has 1 aliphatic rings. The van der Waals surface area contributed by atoms with Crippen LogP contribution in [0.2, 0.25) is 0 Å². The van der Waals surface area contributed by atoms with Crippen molar-refractivity contribution in [1.29, 1.82) is 0 Å². The molecule has 0 bridgehead atoms. The average molecular weight is 248 g/mol. The first-order chi connectivity index (χ1) is 7.70. The monoisotopic (exact) mass is 248 g/mol. The molecule has 0 aromatic rings. The van der Waals surface area contributed by atoms with E-state index < -0.39 is 23.7 Å². The van der Waals surface area contributed by atoms with Gasteiger partial charge in [0, 0.05) is 0 Å². The molecule has 96 valence electrons. The fourth-order valence-electron chi connectivity index (χ4n) is 1.42. The van der Waals surface area contributed by atoms with E-state index in [0.717, 1.165) is 11.0 Å². The third kappa shape index (κ3) is 3.00. The van der Waals surface area contributed by atoms with Crippen LogP contribution in [0.1, 0.15) is 20.8 Å². The molecule has 5 nitrogen and oxygen atoms in total. The SMILES string of the molecule is CC(C)(C)OC(=O)N1CC(N=C=O)(C(F)F)C1. The summed E-state index contributed by atoms with van der Waals surface area (Å²) in [5.74, 6) is 0. The van der Waals surface area contributed by atoms with Crippen LogP contribution < -0.4 is 0 Å². The molecule has 0 aromatic heterocycles. The van der Waals surface area contributed by atoms with Gasteiger partial charge in [-0.15, -0.1) is 0 Å². The molecule has 0 radical (unpaired) electrons. The van der Waals surface area contributed by atoms with Gasteiger partial charge in [-0.3, -0.25) is 0 Å². The Bertz CT molecular complexity index is 353. The molecule has 1 aliphatic heterocycles. The van der Waals surface area contributed by atoms with Crippen LogP contribution in [0.4, 0.5) is 13.6 Å². The second kappa shape index (κ2) is 4.41. The molecule has 0 aliphatic carbocycles. The number of amides is 1. The molecular formula is C10H14F2N2O3. The van der Waals surface area contributed by atoms with E-state index in [9.17, 15) is 18.4 Å². The lowest BCUT2D eigenvalue weighted by molar-refractivity contribution is -0.0567. The summed E-state index contributed by atoms with van der Waals surface area (Å²) < 4.78 is 30.3. The number of carbonyl (C=O) groups excluding carboxylic acids is 2. The third-order valence-corrected chi connectivity index (χ3v) is 2.26. The highest BCUT2D eigenvalue weighted by Gasteiger charge is 2.53. The maximum absolute atomic E-state index is 12.6. The van der Waals surface area contributed by atoms with E-state index in [4.69, 9.17) is 4.74 Å². The van der Waals surface area contributed by atoms with Gasteiger partial charge < -0.3 is 9.64 Å². The molecule has 0 saturated carbocycles. The van der Waals surface area contributed by atoms with E-state index in [0.29, 0.717) is 0 Å². The summed E-state index contributed by atoms with van der Waals surface area (Å²) in [6.45, 7) is 4.38. The largest absolute Gasteiger partial charge is 0.444 e. The summed E-state index contributed by atoms with van der Waals surface area (Å²) in [6.07, 6.45) is -2.37. The highest BCUT2D eigenvalue weighted by molar-refractivity contribution is 5.70. The van der Waals surface area contributed by atoms with Crippen LogP contribution >= 0.6 is 0 Å². The minimum Gasteiger partial charge on any atom is -0.444 e. The summed E-state index contributed by atoms with van der Waals surface area (Å²) in [7, 11) is 0. The van der Waals surface area contributed by atoms with Crippen LogP contribution in [0.15, 0.2) is 4.99 Å². The smallest absolute Gasteiger partial charge is 0.410 e. The fourth-order valence-corrected chi connectivity index (χ4v) is 1.42. The maximum Gasteiger partial charge on any atom is 0.410 e. The summed E-state index contributed by atoms with van der Waals surface area (Å²) in [4.78, 5) is 25.7. The number of rotatable bonds is 2. The van der Waals surface area contributed by atoms with Crippen molar-refractivity contribution < 1.29 is 23.1 Å². The van der Waals surface area contributed by atoms with Crippen LogP contribution in [-0.4, -0.2) is 47.7 Å². The average Bonchev–Trinajstić information content (AvgIpc) is 2.06. The number of likely N-dealkylation sites (tertiary alicyclic amines) is 1. The normalized spacial score (nSPS) is 18.4. The van der Waals surface area contributed by atoms with Crippen molar-refractivity contribution >= 4 is 12.2 Å². The van der Waals surface area contributed by atoms with Crippen LogP contribution in [0.3, 0.4) is 0 Å². The van der Waals surface area contributed by atoms with Gasteiger partial charge in [0.05, 0.1) is 13.1 Å². The Balaban J connectivity index is 2.60. The van der Waals surface area contributed by atoms with Crippen LogP contribution in [-0.2, 0) is 9.53 Å². The number of alkyl halides is 2. The Morgan fingerprint density at radius 1 is 1.47 bits per heavy atom. The molecule has 1 fully saturated rings. The summed E-state index contributed by atoms with van der Waals surface area (Å²) >= 11 is 0. The molecule has 1 heterocycles. The minimum absolute atomic E-state index is 0.325. The third-order valence-electron chi connectivity index (χ3n) is 2.26. The minimum atomic E-state index is -2.80. The van der Waals surface area contributed by atoms with Crippen molar-refractivity contribution in [2.45, 2.75) is 38.3 Å². The topological polar surface area (TPSA) is 59.0 Å². The van der Waals surface area contributed by atoms with Gasteiger partial charge in [0.1, 0.15) is 5.60 Å². The number of isocyanates is 1. The lowest BCUT2D eigenvalue weighted by atomic mass is 9.91. The number of carbonyl (C=O) groups is 1. The van der Waals surface area contributed by atoms with E-state index >= 15 is 0 Å². The quantitative estimate of drug-likeness (QED) is 0.550. The molecule has 0 N–H and O–H groups in total. The number of hydrogen-bond donors (Lipinski definition) is 0. The van der Waals surface area contributed by atoms with Gasteiger partial charge in [0.2, 0.25) is 6.08 Å². The van der Waals surface area contributed by atoms with Gasteiger partial charge >= 0.3 is 6.09 Å². The van der Waals surface area contributed by atoms with Crippen LogP contribution in [0, 0.1) is 0 Å². The van der Waals surface area contributed by atoms with E-state index in [2.05, 4.69) is 4.99 Å². The number of halogens is 2. The molecule has 0 atom stereocenters. The van der Waals surface area contributed by atoms with Crippen LogP contribution in [0.5, 0.6) is 0 Å². The molecule has 1 amide bonds. The highest BCUT2D eigenvalue weighted by atomic mass is 19.3. The highest BCUT2D eigenvalue weighted by Crippen LogP contribution is 2.32. The zero-order valence-corrected chi connectivity index (χ0v) is 9.87. The first-order valence-electron chi connectivity index (χ1n) is 5.05. The summed E-state index contributed by atoms with van der Waals surface area (Å²) in [5.41, 5.74) is -2.49. The number of hydrogen-bond acceptors (Lipinski definition) is 4. The molecule has 0 aromatic carbocycles. The van der Waals surface area contributed by atoms with Gasteiger partial charge in [0.15, 0.2) is 5.54 Å². The Hall–Kier alpha value is -1.49. The van der Waals surface area contributed by atoms with Gasteiger partial charge in [0.25, 0.3) is 6.43 Å². The van der Waals surface area contributed by atoms with Crippen molar-refractivity contribution in [2.24, 2.45) is 4.99 Å². The molecule has 17 heavy (non-hydrogen) atoms. The number of ether oxygens (including phenoxy) is 1. The molecule has 0 spiro atoms. The zero-order valence-electron chi connectivity index (χ0n) is 9.87. The second-order valence-electron chi connectivity index (χ2n) is 4.94. The maximum atomic E-state index is 12.6. The van der Waals surface area contributed by atoms with Crippen molar-refractivity contribution in [2.75, 3.05) is 13.1 Å². The Morgan fingerprint density at radius 2 is 2.00 bits per heavy atom. The first-order valence-corrected chi connectivity index (χ1v) is 5.05. The summed E-state index contributed by atoms with van der Waals surface area (Å²) in [6, 6.07) is 0. The van der Waals surface area contributed by atoms with E-state index in [-0.39, 0.29) is 13.1 Å². The number of aliphatic imine (C=N–C) groups is 1. The van der Waals surface area contributed by atoms with Crippen molar-refractivity contribution in [3.63, 3.8) is 0 Å². The summed E-state index contributed by atoms with van der Waals surface area (Å²) in [5, 5.41) is 0. The van der Waals surface area contributed by atoms with Gasteiger partial charge in [-0.05, 0) is 20.8 Å². The first kappa shape index (κ1) is 13.6. The van der Waals surface area contributed by atoms with Crippen molar-refractivity contribution in [1.82, 2.24) is 4.90 Å². The molecule has 1 rings (SSSR count). The Morgan fingerprint density at radius 3 is 2.35 bits per heavy atom. The molecule has 7 heteroatoms. The van der Waals surface area contributed by atoms with Crippen molar-refractivity contribution in [3.05, 3.63) is 0 Å². The Kier molecular flexibility index (Phi) is 3.52. The fraction of sp³-hybridized carbons (Fsp3) is 0.800. The zero-order chi connectivity index (χ0) is 13.3. The predicted octanol–water partition coefficient (Wildman–Crippen LogP) is 1.58. The predicted molar refractivity (Wildman–Crippen MR) is 54.7 cm³/mol. The molecule has 1 saturated heterocycles. The van der Waals surface area contributed by atoms with Crippen molar-refractivity contribution in [3.8, 4) is 0 Å². The lowest BCUT2D eigenvalue weighted by Gasteiger charge is -2.45.